The van der Waals surface area contributed by atoms with Crippen LogP contribution < -0.4 is 10.6 Å². The lowest BCUT2D eigenvalue weighted by Crippen LogP contribution is -2.59. The number of aliphatic hydroxyl groups is 1. The van der Waals surface area contributed by atoms with Gasteiger partial charge in [0.2, 0.25) is 11.8 Å². The van der Waals surface area contributed by atoms with Crippen LogP contribution in [-0.4, -0.2) is 116 Å². The number of carbonyl (C=O) groups is 3. The fraction of sp³-hybridized carbons (Fsp3) is 0.656. The van der Waals surface area contributed by atoms with Crippen molar-refractivity contribution in [3.05, 3.63) is 35.3 Å². The average molecular weight is 618 g/mol. The number of ether oxygens (including phenoxy) is 2. The van der Waals surface area contributed by atoms with E-state index in [4.69, 9.17) is 14.6 Å². The fourth-order valence-corrected chi connectivity index (χ4v) is 6.17. The van der Waals surface area contributed by atoms with E-state index in [0.29, 0.717) is 74.7 Å². The highest BCUT2D eigenvalue weighted by molar-refractivity contribution is 5.99. The Kier molecular flexibility index (Phi) is 12.5. The zero-order valence-corrected chi connectivity index (χ0v) is 26.3. The number of fused-ring (bicyclic) bond motifs is 1. The molecule has 2 atom stereocenters. The fourth-order valence-electron chi connectivity index (χ4n) is 6.17. The number of amides is 3. The maximum absolute atomic E-state index is 15.2. The summed E-state index contributed by atoms with van der Waals surface area (Å²) in [4.78, 5) is 43.3. The predicted octanol–water partition coefficient (Wildman–Crippen LogP) is 2.07. The van der Waals surface area contributed by atoms with E-state index in [0.717, 1.165) is 32.1 Å². The summed E-state index contributed by atoms with van der Waals surface area (Å²) < 4.78 is 27.9. The number of piperazine rings is 1. The van der Waals surface area contributed by atoms with Gasteiger partial charge >= 0.3 is 0 Å². The molecule has 1 unspecified atom stereocenters. The summed E-state index contributed by atoms with van der Waals surface area (Å²) in [5, 5.41) is 15.1. The Morgan fingerprint density at radius 3 is 2.32 bits per heavy atom. The van der Waals surface area contributed by atoms with Crippen LogP contribution in [-0.2, 0) is 25.6 Å². The second-order valence-corrected chi connectivity index (χ2v) is 11.7. The van der Waals surface area contributed by atoms with Crippen molar-refractivity contribution in [2.24, 2.45) is 5.92 Å². The van der Waals surface area contributed by atoms with Gasteiger partial charge in [0, 0.05) is 43.7 Å². The normalized spacial score (nSPS) is 17.6. The smallest absolute Gasteiger partial charge is 0.253 e. The van der Waals surface area contributed by atoms with E-state index in [1.54, 1.807) is 48.9 Å². The molecule has 2 heterocycles. The minimum atomic E-state index is -0.566. The summed E-state index contributed by atoms with van der Waals surface area (Å²) in [6.07, 6.45) is 5.08. The van der Waals surface area contributed by atoms with E-state index in [1.807, 2.05) is 4.57 Å². The minimum Gasteiger partial charge on any atom is -0.394 e. The second kappa shape index (κ2) is 16.3. The van der Waals surface area contributed by atoms with Crippen molar-refractivity contribution in [2.75, 3.05) is 66.3 Å². The number of halogens is 1. The largest absolute Gasteiger partial charge is 0.394 e. The molecule has 244 valence electrons. The summed E-state index contributed by atoms with van der Waals surface area (Å²) in [6, 6.07) is 4.13. The SMILES string of the molecule is CN[C@@H](C)C(=O)NC(C(=O)N1CCN(C(=O)c2ccc3c(c2)c(F)c(C)n3CCOCCOCCO)CC1)C1CCCCC1. The third kappa shape index (κ3) is 8.15. The highest BCUT2D eigenvalue weighted by Gasteiger charge is 2.36. The number of rotatable bonds is 14. The molecule has 2 aromatic rings. The Morgan fingerprint density at radius 1 is 1.00 bits per heavy atom. The van der Waals surface area contributed by atoms with Crippen molar-refractivity contribution in [2.45, 2.75) is 64.6 Å². The quantitative estimate of drug-likeness (QED) is 0.277. The molecule has 3 N–H and O–H groups in total. The number of carbonyl (C=O) groups excluding carboxylic acids is 3. The summed E-state index contributed by atoms with van der Waals surface area (Å²) in [7, 11) is 1.72. The van der Waals surface area contributed by atoms with Crippen molar-refractivity contribution in [3.63, 3.8) is 0 Å². The van der Waals surface area contributed by atoms with Crippen LogP contribution in [0.4, 0.5) is 4.39 Å². The molecule has 0 bridgehead atoms. The molecule has 4 rings (SSSR count). The average Bonchev–Trinajstić information content (AvgIpc) is 3.30. The molecule has 44 heavy (non-hydrogen) atoms. The van der Waals surface area contributed by atoms with Crippen molar-refractivity contribution in [1.82, 2.24) is 25.0 Å². The van der Waals surface area contributed by atoms with Gasteiger partial charge in [0.05, 0.1) is 50.3 Å². The predicted molar refractivity (Wildman–Crippen MR) is 165 cm³/mol. The number of likely N-dealkylation sites (N-methyl/N-ethyl adjacent to an activating group) is 1. The summed E-state index contributed by atoms with van der Waals surface area (Å²) >= 11 is 0. The molecule has 11 nitrogen and oxygen atoms in total. The van der Waals surface area contributed by atoms with Crippen LogP contribution in [0.5, 0.6) is 0 Å². The van der Waals surface area contributed by atoms with E-state index < -0.39 is 12.1 Å². The minimum absolute atomic E-state index is 0.0349. The topological polar surface area (TPSA) is 125 Å². The Labute approximate surface area is 259 Å². The third-order valence-electron chi connectivity index (χ3n) is 8.95. The van der Waals surface area contributed by atoms with Crippen molar-refractivity contribution < 1.29 is 33.4 Å². The molecule has 1 saturated heterocycles. The van der Waals surface area contributed by atoms with Gasteiger partial charge in [0.1, 0.15) is 6.04 Å². The van der Waals surface area contributed by atoms with E-state index in [9.17, 15) is 14.4 Å². The summed E-state index contributed by atoms with van der Waals surface area (Å²) in [5.74, 6) is -0.718. The third-order valence-corrected chi connectivity index (χ3v) is 8.95. The lowest BCUT2D eigenvalue weighted by atomic mass is 9.83. The van der Waals surface area contributed by atoms with Gasteiger partial charge in [-0.25, -0.2) is 4.39 Å². The van der Waals surface area contributed by atoms with Crippen LogP contribution in [0.25, 0.3) is 10.9 Å². The van der Waals surface area contributed by atoms with E-state index in [2.05, 4.69) is 10.6 Å². The lowest BCUT2D eigenvalue weighted by Gasteiger charge is -2.39. The van der Waals surface area contributed by atoms with Crippen LogP contribution >= 0.6 is 0 Å². The highest BCUT2D eigenvalue weighted by Crippen LogP contribution is 2.29. The van der Waals surface area contributed by atoms with Crippen molar-refractivity contribution >= 4 is 28.6 Å². The standard InChI is InChI=1S/C32H48FN5O6/c1-22(34-3)30(40)35-29(24-7-5-4-6-8-24)32(42)37-13-11-36(12-14-37)31(41)25-9-10-27-26(21-25)28(33)23(2)38(27)15-17-43-19-20-44-18-16-39/h9-10,21-22,24,29,34,39H,4-8,11-20H2,1-3H3,(H,35,40)/t22-,29?/m0/s1. The maximum atomic E-state index is 15.2. The Hall–Kier alpha value is -3.06. The van der Waals surface area contributed by atoms with Gasteiger partial charge in [0.15, 0.2) is 5.82 Å². The second-order valence-electron chi connectivity index (χ2n) is 11.7. The molecular formula is C32H48FN5O6. The first-order chi connectivity index (χ1) is 21.3. The molecule has 1 aliphatic heterocycles. The van der Waals surface area contributed by atoms with Gasteiger partial charge in [-0.3, -0.25) is 14.4 Å². The highest BCUT2D eigenvalue weighted by atomic mass is 19.1. The first-order valence-corrected chi connectivity index (χ1v) is 15.9. The summed E-state index contributed by atoms with van der Waals surface area (Å²) in [5.41, 5.74) is 1.56. The van der Waals surface area contributed by atoms with Crippen LogP contribution in [0.3, 0.4) is 0 Å². The summed E-state index contributed by atoms with van der Waals surface area (Å²) in [6.45, 7) is 6.77. The maximum Gasteiger partial charge on any atom is 0.253 e. The lowest BCUT2D eigenvalue weighted by molar-refractivity contribution is -0.140. The number of benzene rings is 1. The van der Waals surface area contributed by atoms with Crippen LogP contribution in [0.15, 0.2) is 18.2 Å². The number of nitrogens with one attached hydrogen (secondary N) is 2. The monoisotopic (exact) mass is 617 g/mol. The number of aromatic nitrogens is 1. The molecule has 1 saturated carbocycles. The Balaban J connectivity index is 1.37. The van der Waals surface area contributed by atoms with Crippen molar-refractivity contribution in [3.8, 4) is 0 Å². The molecular weight excluding hydrogens is 569 g/mol. The van der Waals surface area contributed by atoms with Gasteiger partial charge in [-0.2, -0.15) is 0 Å². The van der Waals surface area contributed by atoms with Crippen molar-refractivity contribution in [1.29, 1.82) is 0 Å². The van der Waals surface area contributed by atoms with E-state index in [1.165, 1.54) is 0 Å². The molecule has 12 heteroatoms. The molecule has 2 fully saturated rings. The molecule has 2 aliphatic rings. The van der Waals surface area contributed by atoms with Crippen LogP contribution in [0, 0.1) is 18.7 Å². The van der Waals surface area contributed by atoms with E-state index >= 15 is 4.39 Å². The zero-order valence-electron chi connectivity index (χ0n) is 26.3. The number of hydrogen-bond acceptors (Lipinski definition) is 7. The zero-order chi connectivity index (χ0) is 31.6. The molecule has 1 aromatic carbocycles. The Morgan fingerprint density at radius 2 is 1.66 bits per heavy atom. The van der Waals surface area contributed by atoms with Gasteiger partial charge in [-0.05, 0) is 57.9 Å². The van der Waals surface area contributed by atoms with Gasteiger partial charge < -0.3 is 39.6 Å². The number of aliphatic hydroxyl groups excluding tert-OH is 1. The Bertz CT molecular complexity index is 1270. The number of hydrogen-bond donors (Lipinski definition) is 3. The van der Waals surface area contributed by atoms with E-state index in [-0.39, 0.29) is 42.7 Å². The molecule has 0 spiro atoms. The van der Waals surface area contributed by atoms with Crippen LogP contribution in [0.1, 0.15) is 55.1 Å². The first kappa shape index (κ1) is 33.8. The number of nitrogens with zero attached hydrogens (tertiary/aromatic N) is 3. The van der Waals surface area contributed by atoms with Crippen LogP contribution in [0.2, 0.25) is 0 Å². The van der Waals surface area contributed by atoms with Gasteiger partial charge in [-0.1, -0.05) is 19.3 Å². The molecule has 3 amide bonds. The first-order valence-electron chi connectivity index (χ1n) is 15.9. The van der Waals surface area contributed by atoms with Gasteiger partial charge in [0.25, 0.3) is 5.91 Å². The van der Waals surface area contributed by atoms with Gasteiger partial charge in [-0.15, -0.1) is 0 Å². The molecule has 1 aliphatic carbocycles. The molecule has 0 radical (unpaired) electrons. The molecule has 1 aromatic heterocycles.